The monoisotopic (exact) mass is 350 g/mol. The molecule has 2 N–H and O–H groups in total. The number of rotatable bonds is 5. The van der Waals surface area contributed by atoms with Gasteiger partial charge in [0.25, 0.3) is 5.91 Å². The van der Waals surface area contributed by atoms with E-state index >= 15 is 0 Å². The molecule has 0 radical (unpaired) electrons. The van der Waals surface area contributed by atoms with E-state index in [0.29, 0.717) is 29.3 Å². The molecule has 0 aliphatic heterocycles. The molecule has 6 heteroatoms. The Morgan fingerprint density at radius 1 is 1.38 bits per heavy atom. The molecule has 110 valence electrons. The van der Waals surface area contributed by atoms with Crippen LogP contribution in [-0.4, -0.2) is 22.6 Å². The molecule has 5 nitrogen and oxygen atoms in total. The zero-order valence-electron chi connectivity index (χ0n) is 11.5. The van der Waals surface area contributed by atoms with Gasteiger partial charge in [0.05, 0.1) is 13.2 Å². The number of amides is 1. The fourth-order valence-electron chi connectivity index (χ4n) is 1.78. The number of hydrogen-bond donors (Lipinski definition) is 2. The van der Waals surface area contributed by atoms with E-state index in [4.69, 9.17) is 4.74 Å². The molecule has 21 heavy (non-hydrogen) atoms. The smallest absolute Gasteiger partial charge is 0.274 e. The summed E-state index contributed by atoms with van der Waals surface area (Å²) in [4.78, 5) is 16.1. The number of aliphatic hydroxyl groups is 1. The molecular weight excluding hydrogens is 336 g/mol. The number of carbonyl (C=O) groups excluding carboxylic acids is 1. The molecular formula is C15H15BrN2O3. The van der Waals surface area contributed by atoms with Crippen molar-refractivity contribution < 1.29 is 14.6 Å². The molecule has 1 aromatic heterocycles. The lowest BCUT2D eigenvalue weighted by molar-refractivity contribution is 0.102. The maximum absolute atomic E-state index is 12.1. The third kappa shape index (κ3) is 4.03. The van der Waals surface area contributed by atoms with Gasteiger partial charge in [-0.15, -0.1) is 0 Å². The SMILES string of the molecule is CCOc1ccc(NC(=O)c2ccc(Br)cn2)cc1CO. The van der Waals surface area contributed by atoms with Gasteiger partial charge < -0.3 is 15.2 Å². The lowest BCUT2D eigenvalue weighted by atomic mass is 10.2. The molecule has 0 bridgehead atoms. The van der Waals surface area contributed by atoms with Gasteiger partial charge in [0.15, 0.2) is 0 Å². The topological polar surface area (TPSA) is 71.5 Å². The van der Waals surface area contributed by atoms with Gasteiger partial charge in [-0.3, -0.25) is 4.79 Å². The summed E-state index contributed by atoms with van der Waals surface area (Å²) in [7, 11) is 0. The van der Waals surface area contributed by atoms with Crippen LogP contribution in [-0.2, 0) is 6.61 Å². The first-order valence-electron chi connectivity index (χ1n) is 6.43. The standard InChI is InChI=1S/C15H15BrN2O3/c1-2-21-14-6-4-12(7-10(14)9-19)18-15(20)13-5-3-11(16)8-17-13/h3-8,19H,2,9H2,1H3,(H,18,20). The van der Waals surface area contributed by atoms with Gasteiger partial charge >= 0.3 is 0 Å². The van der Waals surface area contributed by atoms with E-state index in [1.54, 1.807) is 36.5 Å². The van der Waals surface area contributed by atoms with Crippen molar-refractivity contribution in [2.24, 2.45) is 0 Å². The summed E-state index contributed by atoms with van der Waals surface area (Å²) < 4.78 is 6.20. The molecule has 0 fully saturated rings. The number of nitrogens with one attached hydrogen (secondary N) is 1. The minimum Gasteiger partial charge on any atom is -0.494 e. The maximum Gasteiger partial charge on any atom is 0.274 e. The lowest BCUT2D eigenvalue weighted by Crippen LogP contribution is -2.13. The number of anilines is 1. The van der Waals surface area contributed by atoms with E-state index in [-0.39, 0.29) is 12.5 Å². The van der Waals surface area contributed by atoms with Gasteiger partial charge in [-0.1, -0.05) is 0 Å². The summed E-state index contributed by atoms with van der Waals surface area (Å²) in [6.45, 7) is 2.23. The number of pyridine rings is 1. The predicted molar refractivity (Wildman–Crippen MR) is 83.4 cm³/mol. The molecule has 0 saturated carbocycles. The van der Waals surface area contributed by atoms with Crippen molar-refractivity contribution in [3.05, 3.63) is 52.3 Å². The Labute approximate surface area is 131 Å². The molecule has 1 heterocycles. The lowest BCUT2D eigenvalue weighted by Gasteiger charge is -2.11. The summed E-state index contributed by atoms with van der Waals surface area (Å²) in [5, 5.41) is 12.1. The van der Waals surface area contributed by atoms with E-state index in [1.165, 1.54) is 0 Å². The summed E-state index contributed by atoms with van der Waals surface area (Å²) in [6.07, 6.45) is 1.56. The Morgan fingerprint density at radius 3 is 2.81 bits per heavy atom. The Hall–Kier alpha value is -1.92. The fraction of sp³-hybridized carbons (Fsp3) is 0.200. The highest BCUT2D eigenvalue weighted by Gasteiger charge is 2.09. The van der Waals surface area contributed by atoms with Crippen LogP contribution >= 0.6 is 15.9 Å². The van der Waals surface area contributed by atoms with Crippen molar-refractivity contribution in [2.75, 3.05) is 11.9 Å². The highest BCUT2D eigenvalue weighted by atomic mass is 79.9. The van der Waals surface area contributed by atoms with Crippen LogP contribution in [0.4, 0.5) is 5.69 Å². The van der Waals surface area contributed by atoms with E-state index in [1.807, 2.05) is 6.92 Å². The van der Waals surface area contributed by atoms with E-state index in [9.17, 15) is 9.90 Å². The first kappa shape index (κ1) is 15.5. The number of nitrogens with zero attached hydrogens (tertiary/aromatic N) is 1. The normalized spacial score (nSPS) is 10.2. The Kier molecular flexibility index (Phi) is 5.30. The molecule has 0 atom stereocenters. The van der Waals surface area contributed by atoms with Crippen molar-refractivity contribution in [3.63, 3.8) is 0 Å². The second-order valence-electron chi connectivity index (χ2n) is 4.23. The zero-order valence-corrected chi connectivity index (χ0v) is 13.1. The summed E-state index contributed by atoms with van der Waals surface area (Å²) in [6, 6.07) is 8.50. The van der Waals surface area contributed by atoms with Crippen molar-refractivity contribution >= 4 is 27.5 Å². The number of benzene rings is 1. The molecule has 1 aromatic carbocycles. The first-order chi connectivity index (χ1) is 10.1. The van der Waals surface area contributed by atoms with Crippen LogP contribution in [0, 0.1) is 0 Å². The molecule has 0 spiro atoms. The van der Waals surface area contributed by atoms with Crippen molar-refractivity contribution in [1.82, 2.24) is 4.98 Å². The molecule has 2 rings (SSSR count). The van der Waals surface area contributed by atoms with Crippen LogP contribution in [0.15, 0.2) is 41.0 Å². The largest absolute Gasteiger partial charge is 0.494 e. The van der Waals surface area contributed by atoms with Crippen molar-refractivity contribution in [1.29, 1.82) is 0 Å². The van der Waals surface area contributed by atoms with Gasteiger partial charge in [0, 0.05) is 21.9 Å². The Balaban J connectivity index is 2.15. The number of hydrogen-bond acceptors (Lipinski definition) is 4. The van der Waals surface area contributed by atoms with E-state index in [2.05, 4.69) is 26.2 Å². The molecule has 2 aromatic rings. The minimum atomic E-state index is -0.310. The minimum absolute atomic E-state index is 0.157. The fourth-order valence-corrected chi connectivity index (χ4v) is 2.02. The number of halogens is 1. The van der Waals surface area contributed by atoms with E-state index < -0.39 is 0 Å². The van der Waals surface area contributed by atoms with Crippen LogP contribution in [0.2, 0.25) is 0 Å². The van der Waals surface area contributed by atoms with E-state index in [0.717, 1.165) is 4.47 Å². The molecule has 0 aliphatic carbocycles. The van der Waals surface area contributed by atoms with Crippen molar-refractivity contribution in [2.45, 2.75) is 13.5 Å². The quantitative estimate of drug-likeness (QED) is 0.869. The van der Waals surface area contributed by atoms with Gasteiger partial charge in [0.2, 0.25) is 0 Å². The predicted octanol–water partition coefficient (Wildman–Crippen LogP) is 2.99. The number of carbonyl (C=O) groups is 1. The summed E-state index contributed by atoms with van der Waals surface area (Å²) >= 11 is 3.27. The first-order valence-corrected chi connectivity index (χ1v) is 7.22. The molecule has 0 aliphatic rings. The molecule has 0 unspecified atom stereocenters. The summed E-state index contributed by atoms with van der Waals surface area (Å²) in [5.74, 6) is 0.301. The highest BCUT2D eigenvalue weighted by molar-refractivity contribution is 9.10. The molecule has 0 saturated heterocycles. The second-order valence-corrected chi connectivity index (χ2v) is 5.15. The van der Waals surface area contributed by atoms with Crippen LogP contribution in [0.3, 0.4) is 0 Å². The number of aromatic nitrogens is 1. The third-order valence-corrected chi connectivity index (χ3v) is 3.22. The highest BCUT2D eigenvalue weighted by Crippen LogP contribution is 2.23. The van der Waals surface area contributed by atoms with Crippen LogP contribution in [0.5, 0.6) is 5.75 Å². The summed E-state index contributed by atoms with van der Waals surface area (Å²) in [5.41, 5.74) is 1.52. The van der Waals surface area contributed by atoms with Crippen LogP contribution in [0.25, 0.3) is 0 Å². The zero-order chi connectivity index (χ0) is 15.2. The number of aliphatic hydroxyl groups excluding tert-OH is 1. The van der Waals surface area contributed by atoms with Gasteiger partial charge in [-0.25, -0.2) is 4.98 Å². The third-order valence-electron chi connectivity index (χ3n) is 2.75. The average Bonchev–Trinajstić information content (AvgIpc) is 2.49. The van der Waals surface area contributed by atoms with Crippen LogP contribution in [0.1, 0.15) is 23.0 Å². The second kappa shape index (κ2) is 7.19. The van der Waals surface area contributed by atoms with Gasteiger partial charge in [-0.2, -0.15) is 0 Å². The van der Waals surface area contributed by atoms with Gasteiger partial charge in [-0.05, 0) is 53.2 Å². The average molecular weight is 351 g/mol. The van der Waals surface area contributed by atoms with Crippen LogP contribution < -0.4 is 10.1 Å². The maximum atomic E-state index is 12.1. The van der Waals surface area contributed by atoms with Gasteiger partial charge in [0.1, 0.15) is 11.4 Å². The molecule has 1 amide bonds. The Bertz CT molecular complexity index is 629. The number of ether oxygens (including phenoxy) is 1. The van der Waals surface area contributed by atoms with Crippen molar-refractivity contribution in [3.8, 4) is 5.75 Å². The Morgan fingerprint density at radius 2 is 2.19 bits per heavy atom.